The Labute approximate surface area is 124 Å². The minimum absolute atomic E-state index is 0.302. The zero-order valence-corrected chi connectivity index (χ0v) is 13.1. The first-order valence-corrected chi connectivity index (χ1v) is 8.26. The molecule has 9 heteroatoms. The molecule has 1 rings (SSSR count). The first-order valence-electron chi connectivity index (χ1n) is 5.73. The molecule has 4 N–H and O–H groups in total. The van der Waals surface area contributed by atoms with Gasteiger partial charge in [0.25, 0.3) is 0 Å². The van der Waals surface area contributed by atoms with Gasteiger partial charge in [0.15, 0.2) is 4.34 Å². The zero-order valence-electron chi connectivity index (χ0n) is 10.7. The van der Waals surface area contributed by atoms with Crippen LogP contribution in [0.15, 0.2) is 9.50 Å². The number of primary amides is 2. The third-order valence-electron chi connectivity index (χ3n) is 2.26. The molecule has 0 aromatic carbocycles. The Bertz CT molecular complexity index is 413. The molecule has 0 saturated carbocycles. The maximum atomic E-state index is 11.1. The Morgan fingerprint density at radius 1 is 1.16 bits per heavy atom. The van der Waals surface area contributed by atoms with Crippen molar-refractivity contribution in [2.24, 2.45) is 11.5 Å². The summed E-state index contributed by atoms with van der Waals surface area (Å²) in [6.45, 7) is 3.77. The van der Waals surface area contributed by atoms with Crippen molar-refractivity contribution in [3.8, 4) is 0 Å². The number of nitrogens with two attached hydrogens (primary N) is 2. The van der Waals surface area contributed by atoms with Crippen LogP contribution in [0.4, 0.5) is 0 Å². The Morgan fingerprint density at radius 2 is 1.68 bits per heavy atom. The van der Waals surface area contributed by atoms with E-state index < -0.39 is 0 Å². The summed E-state index contributed by atoms with van der Waals surface area (Å²) in [7, 11) is 0. The summed E-state index contributed by atoms with van der Waals surface area (Å²) >= 11 is 3.74. The molecule has 0 bridgehead atoms. The lowest BCUT2D eigenvalue weighted by atomic mass is 10.3. The zero-order chi connectivity index (χ0) is 14.4. The van der Waals surface area contributed by atoms with Gasteiger partial charge in [0, 0.05) is 0 Å². The minimum Gasteiger partial charge on any atom is -0.369 e. The molecule has 0 radical (unpaired) electrons. The number of carbonyl (C=O) groups excluding carboxylic acids is 2. The van der Waals surface area contributed by atoms with Gasteiger partial charge in [-0.3, -0.25) is 9.59 Å². The van der Waals surface area contributed by atoms with E-state index in [0.29, 0.717) is 22.3 Å². The van der Waals surface area contributed by atoms with Crippen LogP contribution in [0.5, 0.6) is 0 Å². The average molecular weight is 320 g/mol. The number of thioether (sulfide) groups is 2. The van der Waals surface area contributed by atoms with E-state index in [9.17, 15) is 9.59 Å². The van der Waals surface area contributed by atoms with Gasteiger partial charge in [-0.15, -0.1) is 0 Å². The minimum atomic E-state index is -0.375. The predicted octanol–water partition coefficient (Wildman–Crippen LogP) is 1.25. The maximum Gasteiger partial charge on any atom is 0.231 e. The first kappa shape index (κ1) is 16.3. The lowest BCUT2D eigenvalue weighted by Gasteiger charge is -2.07. The lowest BCUT2D eigenvalue weighted by Crippen LogP contribution is -2.25. The molecule has 1 aromatic rings. The molecule has 0 aliphatic rings. The molecule has 0 unspecified atom stereocenters. The van der Waals surface area contributed by atoms with Crippen LogP contribution in [0.3, 0.4) is 0 Å². The number of hydrogen-bond acceptors (Lipinski definition) is 7. The molecular weight excluding hydrogens is 304 g/mol. The van der Waals surface area contributed by atoms with Crippen molar-refractivity contribution in [1.29, 1.82) is 0 Å². The summed E-state index contributed by atoms with van der Waals surface area (Å²) in [6, 6.07) is 0. The second kappa shape index (κ2) is 7.71. The van der Waals surface area contributed by atoms with Crippen molar-refractivity contribution in [2.45, 2.75) is 46.7 Å². The average Bonchev–Trinajstić information content (AvgIpc) is 2.79. The van der Waals surface area contributed by atoms with Crippen molar-refractivity contribution in [1.82, 2.24) is 9.36 Å². The second-order valence-electron chi connectivity index (χ2n) is 3.68. The van der Waals surface area contributed by atoms with E-state index in [4.69, 9.17) is 11.5 Å². The van der Waals surface area contributed by atoms with Crippen LogP contribution < -0.4 is 11.5 Å². The third-order valence-corrected chi connectivity index (χ3v) is 5.78. The van der Waals surface area contributed by atoms with Crippen LogP contribution in [0.25, 0.3) is 0 Å². The largest absolute Gasteiger partial charge is 0.369 e. The van der Waals surface area contributed by atoms with Gasteiger partial charge < -0.3 is 11.5 Å². The maximum absolute atomic E-state index is 11.1. The Hall–Kier alpha value is -0.800. The number of hydrogen-bond donors (Lipinski definition) is 2. The van der Waals surface area contributed by atoms with Gasteiger partial charge in [0.05, 0.1) is 10.5 Å². The molecular formula is C10H16N4O2S3. The highest BCUT2D eigenvalue weighted by Gasteiger charge is 2.20. The third kappa shape index (κ3) is 5.00. The SMILES string of the molecule is CC[C@H](Sc1nsc(S[C@H](CC)C(N)=O)n1)C(N)=O. The molecule has 0 aliphatic heterocycles. The molecule has 2 amide bonds. The van der Waals surface area contributed by atoms with Crippen molar-refractivity contribution < 1.29 is 9.59 Å². The summed E-state index contributed by atoms with van der Waals surface area (Å²) in [6.07, 6.45) is 1.27. The molecule has 2 atom stereocenters. The Kier molecular flexibility index (Phi) is 6.59. The molecule has 0 fully saturated rings. The van der Waals surface area contributed by atoms with Crippen molar-refractivity contribution in [2.75, 3.05) is 0 Å². The van der Waals surface area contributed by atoms with Crippen LogP contribution in [0.2, 0.25) is 0 Å². The normalized spacial score (nSPS) is 14.0. The van der Waals surface area contributed by atoms with E-state index >= 15 is 0 Å². The van der Waals surface area contributed by atoms with Crippen molar-refractivity contribution >= 4 is 46.9 Å². The van der Waals surface area contributed by atoms with Gasteiger partial charge in [-0.1, -0.05) is 37.4 Å². The van der Waals surface area contributed by atoms with Gasteiger partial charge in [0.1, 0.15) is 0 Å². The van der Waals surface area contributed by atoms with E-state index in [1.54, 1.807) is 0 Å². The highest BCUT2D eigenvalue weighted by atomic mass is 32.2. The quantitative estimate of drug-likeness (QED) is 0.697. The van der Waals surface area contributed by atoms with E-state index in [1.807, 2.05) is 13.8 Å². The first-order chi connectivity index (χ1) is 8.97. The topological polar surface area (TPSA) is 112 Å². The second-order valence-corrected chi connectivity index (χ2v) is 7.05. The Balaban J connectivity index is 2.66. The molecule has 6 nitrogen and oxygen atoms in total. The van der Waals surface area contributed by atoms with Crippen molar-refractivity contribution in [3.63, 3.8) is 0 Å². The fourth-order valence-electron chi connectivity index (χ4n) is 1.23. The molecule has 0 spiro atoms. The van der Waals surface area contributed by atoms with Gasteiger partial charge in [-0.25, -0.2) is 4.98 Å². The van der Waals surface area contributed by atoms with Gasteiger partial charge in [-0.05, 0) is 24.4 Å². The number of nitrogens with zero attached hydrogens (tertiary/aromatic N) is 2. The summed E-state index contributed by atoms with van der Waals surface area (Å²) in [4.78, 5) is 26.6. The number of rotatable bonds is 8. The summed E-state index contributed by atoms with van der Waals surface area (Å²) in [5, 5.41) is -0.119. The lowest BCUT2D eigenvalue weighted by molar-refractivity contribution is -0.118. The van der Waals surface area contributed by atoms with Crippen LogP contribution >= 0.6 is 35.1 Å². The number of carbonyl (C=O) groups is 2. The highest BCUT2D eigenvalue weighted by molar-refractivity contribution is 8.02. The van der Waals surface area contributed by atoms with Gasteiger partial charge >= 0.3 is 0 Å². The van der Waals surface area contributed by atoms with Crippen molar-refractivity contribution in [3.05, 3.63) is 0 Å². The number of aromatic nitrogens is 2. The van der Waals surface area contributed by atoms with E-state index in [2.05, 4.69) is 9.36 Å². The Morgan fingerprint density at radius 3 is 2.16 bits per heavy atom. The fourth-order valence-corrected chi connectivity index (χ4v) is 3.93. The number of amides is 2. The molecule has 1 aromatic heterocycles. The molecule has 19 heavy (non-hydrogen) atoms. The molecule has 0 saturated heterocycles. The molecule has 0 aliphatic carbocycles. The standard InChI is InChI=1S/C10H16N4O2S3/c1-3-5(7(11)15)17-9-13-10(19-14-9)18-6(4-2)8(12)16/h5-6H,3-4H2,1-2H3,(H2,11,15)(H2,12,16)/t5-,6+/m0/s1. The summed E-state index contributed by atoms with van der Waals surface area (Å²) in [5.41, 5.74) is 10.5. The van der Waals surface area contributed by atoms with Crippen LogP contribution in [-0.2, 0) is 9.59 Å². The van der Waals surface area contributed by atoms with E-state index in [1.165, 1.54) is 35.1 Å². The van der Waals surface area contributed by atoms with Crippen LogP contribution in [0.1, 0.15) is 26.7 Å². The smallest absolute Gasteiger partial charge is 0.231 e. The van der Waals surface area contributed by atoms with Crippen LogP contribution in [0, 0.1) is 0 Å². The monoisotopic (exact) mass is 320 g/mol. The fraction of sp³-hybridized carbons (Fsp3) is 0.600. The van der Waals surface area contributed by atoms with E-state index in [-0.39, 0.29) is 22.3 Å². The van der Waals surface area contributed by atoms with Crippen LogP contribution in [-0.4, -0.2) is 31.7 Å². The predicted molar refractivity (Wildman–Crippen MR) is 78.2 cm³/mol. The van der Waals surface area contributed by atoms with Gasteiger partial charge in [0.2, 0.25) is 17.0 Å². The summed E-state index contributed by atoms with van der Waals surface area (Å²) < 4.78 is 4.82. The molecule has 106 valence electrons. The summed E-state index contributed by atoms with van der Waals surface area (Å²) in [5.74, 6) is -0.736. The highest BCUT2D eigenvalue weighted by Crippen LogP contribution is 2.31. The molecule has 1 heterocycles. The van der Waals surface area contributed by atoms with E-state index in [0.717, 1.165) is 0 Å². The van der Waals surface area contributed by atoms with Gasteiger partial charge in [-0.2, -0.15) is 4.37 Å².